The maximum Gasteiger partial charge on any atom is 0.344 e. The van der Waals surface area contributed by atoms with Crippen LogP contribution in [0.1, 0.15) is 17.3 Å². The average Bonchev–Trinajstić information content (AvgIpc) is 2.15. The largest absolute Gasteiger partial charge is 0.462 e. The molecule has 0 aromatic heterocycles. The fourth-order valence-corrected chi connectivity index (χ4v) is 1.30. The monoisotopic (exact) mass is 260 g/mol. The number of halogens is 2. The van der Waals surface area contributed by atoms with Gasteiger partial charge < -0.3 is 15.8 Å². The van der Waals surface area contributed by atoms with Crippen LogP contribution in [0.15, 0.2) is 12.1 Å². The van der Waals surface area contributed by atoms with Crippen LogP contribution in [0.2, 0.25) is 0 Å². The standard InChI is InChI=1S/C10H10F2N2O2S/c1-2-16-9(15)8-6(11)3-5(4-7(8)12)14-10(13)17/h3-4H,2H2,1H3,(H3,13,14,17). The number of carbonyl (C=O) groups is 1. The van der Waals surface area contributed by atoms with Crippen molar-refractivity contribution in [3.63, 3.8) is 0 Å². The predicted molar refractivity (Wildman–Crippen MR) is 62.7 cm³/mol. The van der Waals surface area contributed by atoms with E-state index in [-0.39, 0.29) is 17.4 Å². The molecule has 0 fully saturated rings. The highest BCUT2D eigenvalue weighted by molar-refractivity contribution is 7.80. The SMILES string of the molecule is CCOC(=O)c1c(F)cc(NC(N)=S)cc1F. The zero-order valence-electron chi connectivity index (χ0n) is 8.92. The van der Waals surface area contributed by atoms with Gasteiger partial charge in [0.05, 0.1) is 6.61 Å². The molecule has 0 spiro atoms. The maximum absolute atomic E-state index is 13.5. The Labute approximate surface area is 102 Å². The number of carbonyl (C=O) groups excluding carboxylic acids is 1. The molecule has 0 radical (unpaired) electrons. The Morgan fingerprint density at radius 3 is 2.41 bits per heavy atom. The number of esters is 1. The molecule has 1 aromatic rings. The number of nitrogens with two attached hydrogens (primary N) is 1. The summed E-state index contributed by atoms with van der Waals surface area (Å²) < 4.78 is 31.5. The molecule has 0 aliphatic heterocycles. The number of nitrogens with one attached hydrogen (secondary N) is 1. The summed E-state index contributed by atoms with van der Waals surface area (Å²) in [5.41, 5.74) is 4.45. The highest BCUT2D eigenvalue weighted by Crippen LogP contribution is 2.19. The molecular formula is C10H10F2N2O2S. The maximum atomic E-state index is 13.5. The molecule has 92 valence electrons. The first-order valence-corrected chi connectivity index (χ1v) is 5.09. The molecule has 0 amide bonds. The van der Waals surface area contributed by atoms with Crippen molar-refractivity contribution >= 4 is 29.0 Å². The molecule has 3 N–H and O–H groups in total. The molecule has 0 aliphatic carbocycles. The summed E-state index contributed by atoms with van der Waals surface area (Å²) in [6, 6.07) is 1.82. The van der Waals surface area contributed by atoms with Crippen molar-refractivity contribution < 1.29 is 18.3 Å². The van der Waals surface area contributed by atoms with Crippen molar-refractivity contribution in [3.05, 3.63) is 29.3 Å². The first kappa shape index (κ1) is 13.3. The van der Waals surface area contributed by atoms with Gasteiger partial charge in [0, 0.05) is 5.69 Å². The van der Waals surface area contributed by atoms with Crippen molar-refractivity contribution in [2.45, 2.75) is 6.92 Å². The summed E-state index contributed by atoms with van der Waals surface area (Å²) in [6.07, 6.45) is 0. The van der Waals surface area contributed by atoms with Gasteiger partial charge >= 0.3 is 5.97 Å². The number of hydrogen-bond acceptors (Lipinski definition) is 3. The van der Waals surface area contributed by atoms with Crippen molar-refractivity contribution in [1.82, 2.24) is 0 Å². The minimum absolute atomic E-state index is 0.0283. The van der Waals surface area contributed by atoms with E-state index in [1.54, 1.807) is 0 Å². The van der Waals surface area contributed by atoms with Crippen molar-refractivity contribution in [3.8, 4) is 0 Å². The third-order valence-corrected chi connectivity index (χ3v) is 1.89. The van der Waals surface area contributed by atoms with Gasteiger partial charge in [0.1, 0.15) is 17.2 Å². The van der Waals surface area contributed by atoms with Gasteiger partial charge in [0.25, 0.3) is 0 Å². The Balaban J connectivity index is 3.10. The van der Waals surface area contributed by atoms with Crippen LogP contribution in [0, 0.1) is 11.6 Å². The van der Waals surface area contributed by atoms with Gasteiger partial charge in [-0.25, -0.2) is 13.6 Å². The Kier molecular flexibility index (Phi) is 4.33. The van der Waals surface area contributed by atoms with Crippen LogP contribution in [-0.4, -0.2) is 17.7 Å². The second-order valence-electron chi connectivity index (χ2n) is 3.02. The fraction of sp³-hybridized carbons (Fsp3) is 0.200. The van der Waals surface area contributed by atoms with Gasteiger partial charge in [-0.05, 0) is 31.3 Å². The van der Waals surface area contributed by atoms with Crippen molar-refractivity contribution in [2.75, 3.05) is 11.9 Å². The molecule has 0 unspecified atom stereocenters. The highest BCUT2D eigenvalue weighted by Gasteiger charge is 2.19. The Morgan fingerprint density at radius 2 is 2.00 bits per heavy atom. The first-order chi connectivity index (χ1) is 7.95. The average molecular weight is 260 g/mol. The minimum Gasteiger partial charge on any atom is -0.462 e. The Hall–Kier alpha value is -1.76. The highest BCUT2D eigenvalue weighted by atomic mass is 32.1. The van der Waals surface area contributed by atoms with E-state index in [1.165, 1.54) is 6.92 Å². The molecule has 1 aromatic carbocycles. The summed E-state index contributed by atoms with van der Waals surface area (Å²) in [6.45, 7) is 1.57. The lowest BCUT2D eigenvalue weighted by Gasteiger charge is -2.08. The fourth-order valence-electron chi connectivity index (χ4n) is 1.19. The van der Waals surface area contributed by atoms with Crippen LogP contribution in [0.3, 0.4) is 0 Å². The molecule has 4 nitrogen and oxygen atoms in total. The van der Waals surface area contributed by atoms with E-state index in [4.69, 9.17) is 5.73 Å². The molecule has 0 saturated heterocycles. The molecule has 0 aliphatic rings. The lowest BCUT2D eigenvalue weighted by molar-refractivity contribution is 0.0515. The number of anilines is 1. The zero-order valence-corrected chi connectivity index (χ0v) is 9.74. The zero-order chi connectivity index (χ0) is 13.0. The van der Waals surface area contributed by atoms with E-state index >= 15 is 0 Å². The van der Waals surface area contributed by atoms with Crippen molar-refractivity contribution in [2.24, 2.45) is 5.73 Å². The predicted octanol–water partition coefficient (Wildman–Crippen LogP) is 1.80. The second kappa shape index (κ2) is 5.53. The van der Waals surface area contributed by atoms with E-state index in [2.05, 4.69) is 22.3 Å². The van der Waals surface area contributed by atoms with E-state index in [0.717, 1.165) is 12.1 Å². The van der Waals surface area contributed by atoms with Gasteiger partial charge in [-0.15, -0.1) is 0 Å². The number of rotatable bonds is 3. The summed E-state index contributed by atoms with van der Waals surface area (Å²) in [5, 5.41) is 2.23. The summed E-state index contributed by atoms with van der Waals surface area (Å²) >= 11 is 4.52. The molecule has 7 heteroatoms. The molecule has 0 saturated carbocycles. The second-order valence-corrected chi connectivity index (χ2v) is 3.46. The van der Waals surface area contributed by atoms with E-state index in [1.807, 2.05) is 0 Å². The molecule has 0 atom stereocenters. The van der Waals surface area contributed by atoms with E-state index in [9.17, 15) is 13.6 Å². The van der Waals surface area contributed by atoms with Gasteiger partial charge in [0.15, 0.2) is 5.11 Å². The summed E-state index contributed by atoms with van der Waals surface area (Å²) in [5.74, 6) is -3.13. The number of ether oxygens (including phenoxy) is 1. The molecular weight excluding hydrogens is 250 g/mol. The van der Waals surface area contributed by atoms with Gasteiger partial charge in [-0.2, -0.15) is 0 Å². The lowest BCUT2D eigenvalue weighted by Crippen LogP contribution is -2.19. The molecule has 1 rings (SSSR count). The molecule has 17 heavy (non-hydrogen) atoms. The van der Waals surface area contributed by atoms with Gasteiger partial charge in [-0.1, -0.05) is 0 Å². The number of thiocarbonyl (C=S) groups is 1. The van der Waals surface area contributed by atoms with Crippen LogP contribution >= 0.6 is 12.2 Å². The topological polar surface area (TPSA) is 64.3 Å². The van der Waals surface area contributed by atoms with Crippen LogP contribution in [0.4, 0.5) is 14.5 Å². The normalized spacial score (nSPS) is 9.82. The minimum atomic E-state index is -1.05. The number of benzene rings is 1. The van der Waals surface area contributed by atoms with Crippen molar-refractivity contribution in [1.29, 1.82) is 0 Å². The van der Waals surface area contributed by atoms with Crippen LogP contribution < -0.4 is 11.1 Å². The Morgan fingerprint density at radius 1 is 1.47 bits per heavy atom. The smallest absolute Gasteiger partial charge is 0.344 e. The van der Waals surface area contributed by atoms with Crippen LogP contribution in [0.5, 0.6) is 0 Å². The first-order valence-electron chi connectivity index (χ1n) is 4.68. The van der Waals surface area contributed by atoms with Gasteiger partial charge in [-0.3, -0.25) is 0 Å². The summed E-state index contributed by atoms with van der Waals surface area (Å²) in [4.78, 5) is 11.2. The molecule has 0 heterocycles. The quantitative estimate of drug-likeness (QED) is 0.641. The van der Waals surface area contributed by atoms with Crippen LogP contribution in [-0.2, 0) is 4.74 Å². The van der Waals surface area contributed by atoms with Crippen LogP contribution in [0.25, 0.3) is 0 Å². The third kappa shape index (κ3) is 3.35. The van der Waals surface area contributed by atoms with Gasteiger partial charge in [0.2, 0.25) is 0 Å². The molecule has 0 bridgehead atoms. The van der Waals surface area contributed by atoms with E-state index < -0.39 is 23.2 Å². The Bertz CT molecular complexity index is 443. The van der Waals surface area contributed by atoms with E-state index in [0.29, 0.717) is 0 Å². The third-order valence-electron chi connectivity index (χ3n) is 1.79. The number of hydrogen-bond donors (Lipinski definition) is 2. The lowest BCUT2D eigenvalue weighted by atomic mass is 10.2. The summed E-state index contributed by atoms with van der Waals surface area (Å²) in [7, 11) is 0.